The van der Waals surface area contributed by atoms with Crippen LogP contribution in [0.5, 0.6) is 0 Å². The molecular weight excluding hydrogens is 342 g/mol. The van der Waals surface area contributed by atoms with Gasteiger partial charge in [-0.3, -0.25) is 9.78 Å². The monoisotopic (exact) mass is 356 g/mol. The molecule has 1 amide bonds. The lowest BCUT2D eigenvalue weighted by Crippen LogP contribution is -2.39. The van der Waals surface area contributed by atoms with Crippen molar-refractivity contribution in [3.63, 3.8) is 0 Å². The molecule has 9 heteroatoms. The van der Waals surface area contributed by atoms with Crippen molar-refractivity contribution in [3.05, 3.63) is 59.3 Å². The van der Waals surface area contributed by atoms with Gasteiger partial charge in [-0.2, -0.15) is 0 Å². The average molecular weight is 356 g/mol. The molecule has 0 N–H and O–H groups in total. The number of carbonyl (C=O) groups is 1. The number of carbonyl (C=O) groups excluding carboxylic acids is 1. The van der Waals surface area contributed by atoms with Gasteiger partial charge < -0.3 is 9.47 Å². The van der Waals surface area contributed by atoms with E-state index in [4.69, 9.17) is 0 Å². The maximum absolute atomic E-state index is 13.8. The molecule has 4 rings (SSSR count). The second-order valence-corrected chi connectivity index (χ2v) is 5.94. The summed E-state index contributed by atoms with van der Waals surface area (Å²) in [4.78, 5) is 22.5. The SMILES string of the molecule is Cc1c(C(=O)N2CCn3c(nnc3-c3cnccn3)C2)ccc(F)c1F. The molecule has 3 heterocycles. The van der Waals surface area contributed by atoms with Crippen LogP contribution in [0.25, 0.3) is 11.5 Å². The van der Waals surface area contributed by atoms with Gasteiger partial charge in [0.25, 0.3) is 5.91 Å². The van der Waals surface area contributed by atoms with Gasteiger partial charge in [0.1, 0.15) is 5.69 Å². The highest BCUT2D eigenvalue weighted by Crippen LogP contribution is 2.23. The third-order valence-electron chi connectivity index (χ3n) is 4.40. The summed E-state index contributed by atoms with van der Waals surface area (Å²) in [6.07, 6.45) is 4.74. The molecule has 0 atom stereocenters. The lowest BCUT2D eigenvalue weighted by atomic mass is 10.1. The lowest BCUT2D eigenvalue weighted by molar-refractivity contribution is 0.0706. The van der Waals surface area contributed by atoms with Crippen LogP contribution in [0.4, 0.5) is 8.78 Å². The Hall–Kier alpha value is -3.23. The standard InChI is InChI=1S/C17H14F2N6O/c1-10-11(2-3-12(18)15(10)19)17(26)24-6-7-25-14(9-24)22-23-16(25)13-8-20-4-5-21-13/h2-5,8H,6-7,9H2,1H3. The fourth-order valence-corrected chi connectivity index (χ4v) is 2.99. The molecule has 1 aromatic carbocycles. The first kappa shape index (κ1) is 16.2. The van der Waals surface area contributed by atoms with Gasteiger partial charge in [-0.15, -0.1) is 10.2 Å². The molecular formula is C17H14F2N6O. The van der Waals surface area contributed by atoms with Crippen molar-refractivity contribution in [2.45, 2.75) is 20.0 Å². The number of nitrogens with zero attached hydrogens (tertiary/aromatic N) is 6. The Morgan fingerprint density at radius 1 is 1.15 bits per heavy atom. The van der Waals surface area contributed by atoms with Crippen LogP contribution in [0.1, 0.15) is 21.7 Å². The van der Waals surface area contributed by atoms with Crippen molar-refractivity contribution < 1.29 is 13.6 Å². The predicted molar refractivity (Wildman–Crippen MR) is 86.9 cm³/mol. The molecule has 2 aromatic heterocycles. The summed E-state index contributed by atoms with van der Waals surface area (Å²) in [5, 5.41) is 8.27. The van der Waals surface area contributed by atoms with Crippen LogP contribution in [0, 0.1) is 18.6 Å². The predicted octanol–water partition coefficient (Wildman–Crippen LogP) is 1.98. The van der Waals surface area contributed by atoms with E-state index < -0.39 is 11.6 Å². The van der Waals surface area contributed by atoms with Crippen molar-refractivity contribution in [1.29, 1.82) is 0 Å². The van der Waals surface area contributed by atoms with Gasteiger partial charge >= 0.3 is 0 Å². The summed E-state index contributed by atoms with van der Waals surface area (Å²) in [5.74, 6) is -1.14. The number of hydrogen-bond donors (Lipinski definition) is 0. The summed E-state index contributed by atoms with van der Waals surface area (Å²) in [6.45, 7) is 2.49. The molecule has 0 bridgehead atoms. The second-order valence-electron chi connectivity index (χ2n) is 5.94. The van der Waals surface area contributed by atoms with Gasteiger partial charge in [0, 0.05) is 36.6 Å². The maximum atomic E-state index is 13.8. The molecule has 0 aliphatic carbocycles. The Morgan fingerprint density at radius 3 is 2.77 bits per heavy atom. The molecule has 3 aromatic rings. The zero-order chi connectivity index (χ0) is 18.3. The molecule has 26 heavy (non-hydrogen) atoms. The van der Waals surface area contributed by atoms with Gasteiger partial charge in [-0.05, 0) is 19.1 Å². The maximum Gasteiger partial charge on any atom is 0.254 e. The van der Waals surface area contributed by atoms with Crippen LogP contribution in [0.3, 0.4) is 0 Å². The molecule has 132 valence electrons. The van der Waals surface area contributed by atoms with Crippen LogP contribution in [0.15, 0.2) is 30.7 Å². The first-order valence-electron chi connectivity index (χ1n) is 7.98. The average Bonchev–Trinajstić information content (AvgIpc) is 3.09. The normalized spacial score (nSPS) is 13.6. The van der Waals surface area contributed by atoms with E-state index in [0.717, 1.165) is 6.07 Å². The number of benzene rings is 1. The molecule has 7 nitrogen and oxygen atoms in total. The minimum atomic E-state index is -0.999. The molecule has 0 unspecified atom stereocenters. The van der Waals surface area contributed by atoms with E-state index in [1.54, 1.807) is 23.5 Å². The zero-order valence-electron chi connectivity index (χ0n) is 13.9. The lowest BCUT2D eigenvalue weighted by Gasteiger charge is -2.28. The Balaban J connectivity index is 1.61. The first-order valence-corrected chi connectivity index (χ1v) is 7.98. The van der Waals surface area contributed by atoms with Gasteiger partial charge in [0.05, 0.1) is 12.7 Å². The highest BCUT2D eigenvalue weighted by molar-refractivity contribution is 5.95. The van der Waals surface area contributed by atoms with E-state index >= 15 is 0 Å². The molecule has 0 saturated carbocycles. The van der Waals surface area contributed by atoms with Crippen molar-refractivity contribution in [1.82, 2.24) is 29.6 Å². The smallest absolute Gasteiger partial charge is 0.254 e. The minimum absolute atomic E-state index is 0.00212. The Labute approximate surface area is 147 Å². The second kappa shape index (κ2) is 6.25. The van der Waals surface area contributed by atoms with Gasteiger partial charge in [-0.25, -0.2) is 13.8 Å². The number of aromatic nitrogens is 5. The summed E-state index contributed by atoms with van der Waals surface area (Å²) in [6, 6.07) is 2.27. The summed E-state index contributed by atoms with van der Waals surface area (Å²) in [5.41, 5.74) is 0.746. The molecule has 0 saturated heterocycles. The summed E-state index contributed by atoms with van der Waals surface area (Å²) in [7, 11) is 0. The fraction of sp³-hybridized carbons (Fsp3) is 0.235. The van der Waals surface area contributed by atoms with E-state index in [1.165, 1.54) is 13.0 Å². The number of amides is 1. The quantitative estimate of drug-likeness (QED) is 0.702. The molecule has 0 spiro atoms. The van der Waals surface area contributed by atoms with E-state index in [1.807, 2.05) is 4.57 Å². The van der Waals surface area contributed by atoms with Crippen LogP contribution in [-0.2, 0) is 13.1 Å². The Morgan fingerprint density at radius 2 is 2.00 bits per heavy atom. The number of rotatable bonds is 2. The highest BCUT2D eigenvalue weighted by Gasteiger charge is 2.27. The molecule has 0 radical (unpaired) electrons. The van der Waals surface area contributed by atoms with Crippen molar-refractivity contribution in [3.8, 4) is 11.5 Å². The third-order valence-corrected chi connectivity index (χ3v) is 4.40. The Kier molecular flexibility index (Phi) is 3.90. The van der Waals surface area contributed by atoms with E-state index in [2.05, 4.69) is 20.2 Å². The molecule has 1 aliphatic heterocycles. The largest absolute Gasteiger partial charge is 0.329 e. The van der Waals surface area contributed by atoms with Crippen molar-refractivity contribution >= 4 is 5.91 Å². The van der Waals surface area contributed by atoms with Crippen molar-refractivity contribution in [2.24, 2.45) is 0 Å². The topological polar surface area (TPSA) is 76.8 Å². The fourth-order valence-electron chi connectivity index (χ4n) is 2.99. The Bertz CT molecular complexity index is 988. The third kappa shape index (κ3) is 2.61. The van der Waals surface area contributed by atoms with Crippen LogP contribution in [0.2, 0.25) is 0 Å². The van der Waals surface area contributed by atoms with Crippen molar-refractivity contribution in [2.75, 3.05) is 6.54 Å². The van der Waals surface area contributed by atoms with Gasteiger partial charge in [-0.1, -0.05) is 0 Å². The highest BCUT2D eigenvalue weighted by atomic mass is 19.2. The van der Waals surface area contributed by atoms with E-state index in [-0.39, 0.29) is 23.6 Å². The molecule has 0 fully saturated rings. The number of halogens is 2. The minimum Gasteiger partial charge on any atom is -0.329 e. The number of hydrogen-bond acceptors (Lipinski definition) is 5. The summed E-state index contributed by atoms with van der Waals surface area (Å²) >= 11 is 0. The van der Waals surface area contributed by atoms with E-state index in [0.29, 0.717) is 30.4 Å². The van der Waals surface area contributed by atoms with Gasteiger partial charge in [0.2, 0.25) is 0 Å². The van der Waals surface area contributed by atoms with Crippen LogP contribution in [-0.4, -0.2) is 42.1 Å². The van der Waals surface area contributed by atoms with Gasteiger partial charge in [0.15, 0.2) is 23.3 Å². The zero-order valence-corrected chi connectivity index (χ0v) is 13.9. The first-order chi connectivity index (χ1) is 12.6. The molecule has 1 aliphatic rings. The van der Waals surface area contributed by atoms with Crippen LogP contribution < -0.4 is 0 Å². The van der Waals surface area contributed by atoms with Crippen LogP contribution >= 0.6 is 0 Å². The number of fused-ring (bicyclic) bond motifs is 1. The van der Waals surface area contributed by atoms with E-state index in [9.17, 15) is 13.6 Å². The summed E-state index contributed by atoms with van der Waals surface area (Å²) < 4.78 is 28.9.